The van der Waals surface area contributed by atoms with Gasteiger partial charge >= 0.3 is 5.97 Å². The fraction of sp³-hybridized carbons (Fsp3) is 0.733. The number of alkyl halides is 1. The third-order valence-corrected chi connectivity index (χ3v) is 9.63. The van der Waals surface area contributed by atoms with E-state index in [4.69, 9.17) is 14.2 Å². The summed E-state index contributed by atoms with van der Waals surface area (Å²) < 4.78 is 17.7. The Morgan fingerprint density at radius 2 is 2.00 bits per heavy atom. The summed E-state index contributed by atoms with van der Waals surface area (Å²) in [6.07, 6.45) is 3.55. The van der Waals surface area contributed by atoms with Gasteiger partial charge in [0.2, 0.25) is 17.7 Å². The highest BCUT2D eigenvalue weighted by Crippen LogP contribution is 2.60. The Balaban J connectivity index is 1.54. The molecule has 3 amide bonds. The van der Waals surface area contributed by atoms with Crippen molar-refractivity contribution in [2.75, 3.05) is 65.6 Å². The smallest absolute Gasteiger partial charge is 0.312 e. The number of hydrogen-bond acceptors (Lipinski definition) is 9. The molecule has 13 heteroatoms. The second-order valence-electron chi connectivity index (χ2n) is 11.7. The number of rotatable bonds is 16. The molecule has 0 saturated carbocycles. The second-order valence-corrected chi connectivity index (χ2v) is 12.9. The van der Waals surface area contributed by atoms with E-state index in [0.717, 1.165) is 13.1 Å². The number of aliphatic hydroxyl groups excluding tert-OH is 1. The maximum absolute atomic E-state index is 14.4. The maximum atomic E-state index is 14.4. The first kappa shape index (κ1) is 33.6. The second kappa shape index (κ2) is 15.1. The van der Waals surface area contributed by atoms with Crippen LogP contribution >= 0.6 is 15.9 Å². The van der Waals surface area contributed by atoms with Crippen molar-refractivity contribution < 1.29 is 38.5 Å². The largest absolute Gasteiger partial charge is 0.460 e. The molecule has 12 nitrogen and oxygen atoms in total. The Kier molecular flexibility index (Phi) is 11.8. The van der Waals surface area contributed by atoms with Crippen molar-refractivity contribution in [2.24, 2.45) is 11.8 Å². The minimum absolute atomic E-state index is 0.130. The van der Waals surface area contributed by atoms with E-state index < -0.39 is 41.7 Å². The van der Waals surface area contributed by atoms with Gasteiger partial charge < -0.3 is 34.4 Å². The Labute approximate surface area is 261 Å². The predicted molar refractivity (Wildman–Crippen MR) is 161 cm³/mol. The minimum atomic E-state index is -1.22. The van der Waals surface area contributed by atoms with Crippen LogP contribution in [0.3, 0.4) is 0 Å². The number of aliphatic hydroxyl groups is 1. The predicted octanol–water partition coefficient (Wildman–Crippen LogP) is 0.478. The van der Waals surface area contributed by atoms with E-state index in [1.54, 1.807) is 24.0 Å². The van der Waals surface area contributed by atoms with E-state index in [1.807, 2.05) is 0 Å². The molecule has 43 heavy (non-hydrogen) atoms. The molecule has 4 fully saturated rings. The number of carbonyl (C=O) groups is 4. The van der Waals surface area contributed by atoms with Gasteiger partial charge in [0.1, 0.15) is 17.7 Å². The number of ether oxygens (including phenoxy) is 3. The third kappa shape index (κ3) is 7.16. The highest BCUT2D eigenvalue weighted by molar-refractivity contribution is 9.09. The van der Waals surface area contributed by atoms with Crippen LogP contribution in [0.1, 0.15) is 32.6 Å². The van der Waals surface area contributed by atoms with Crippen LogP contribution < -0.4 is 5.32 Å². The number of carbonyl (C=O) groups excluding carboxylic acids is 4. The number of hydrogen-bond donors (Lipinski definition) is 2. The number of allylic oxidation sites excluding steroid dienone is 1. The van der Waals surface area contributed by atoms with Crippen molar-refractivity contribution >= 4 is 39.6 Å². The zero-order valence-corrected chi connectivity index (χ0v) is 26.5. The fourth-order valence-corrected chi connectivity index (χ4v) is 7.71. The lowest BCUT2D eigenvalue weighted by Crippen LogP contribution is -2.57. The Morgan fingerprint density at radius 1 is 1.26 bits per heavy atom. The summed E-state index contributed by atoms with van der Waals surface area (Å²) >= 11 is 3.67. The molecule has 0 aromatic carbocycles. The van der Waals surface area contributed by atoms with E-state index in [-0.39, 0.29) is 48.7 Å². The number of likely N-dealkylation sites (tertiary alicyclic amines) is 1. The number of nitrogens with zero attached hydrogens (tertiary/aromatic N) is 3. The topological polar surface area (TPSA) is 138 Å². The lowest BCUT2D eigenvalue weighted by atomic mass is 9.70. The van der Waals surface area contributed by atoms with E-state index in [2.05, 4.69) is 39.3 Å². The molecule has 4 aliphatic rings. The van der Waals surface area contributed by atoms with Crippen LogP contribution in [0.15, 0.2) is 25.3 Å². The lowest BCUT2D eigenvalue weighted by Gasteiger charge is -2.38. The van der Waals surface area contributed by atoms with Crippen molar-refractivity contribution in [2.45, 2.75) is 61.3 Å². The van der Waals surface area contributed by atoms with Gasteiger partial charge in [0.25, 0.3) is 0 Å². The zero-order chi connectivity index (χ0) is 31.1. The summed E-state index contributed by atoms with van der Waals surface area (Å²) in [7, 11) is 0. The van der Waals surface area contributed by atoms with Gasteiger partial charge in [-0.15, -0.1) is 13.2 Å². The van der Waals surface area contributed by atoms with Gasteiger partial charge in [0.05, 0.1) is 37.7 Å². The number of nitrogens with one attached hydrogen (secondary N) is 1. The van der Waals surface area contributed by atoms with Crippen LogP contribution in [-0.2, 0) is 33.4 Å². The Hall–Kier alpha value is -2.32. The summed E-state index contributed by atoms with van der Waals surface area (Å²) in [4.78, 5) is 59.2. The molecule has 7 atom stereocenters. The van der Waals surface area contributed by atoms with E-state index in [1.165, 1.54) is 4.90 Å². The molecule has 4 saturated heterocycles. The average Bonchev–Trinajstić information content (AvgIpc) is 3.59. The standard InChI is InChI=1S/C30H45BrN4O8/c1-4-6-8-22(37)32-19-20(3)42-29(40)23-24-27(38)35(10-7-15-36)26(30(24)18-21(31)25(23)43-30)28(39)34(9-5-2)12-11-33-13-16-41-17-14-33/h4-5,20-21,23-26,36H,1-2,6-19H2,3H3,(H,32,37)/t20-,21?,23+,24-,25+,26+,30-/m1/s1. The first-order chi connectivity index (χ1) is 20.7. The Bertz CT molecular complexity index is 1060. The lowest BCUT2D eigenvalue weighted by molar-refractivity contribution is -0.159. The van der Waals surface area contributed by atoms with Crippen LogP contribution in [0.5, 0.6) is 0 Å². The highest BCUT2D eigenvalue weighted by atomic mass is 79.9. The van der Waals surface area contributed by atoms with E-state index in [0.29, 0.717) is 52.1 Å². The molecular weight excluding hydrogens is 624 g/mol. The summed E-state index contributed by atoms with van der Waals surface area (Å²) in [5.74, 6) is -3.17. The highest BCUT2D eigenvalue weighted by Gasteiger charge is 2.77. The summed E-state index contributed by atoms with van der Waals surface area (Å²) in [6.45, 7) is 13.5. The quantitative estimate of drug-likeness (QED) is 0.137. The van der Waals surface area contributed by atoms with Crippen molar-refractivity contribution in [1.29, 1.82) is 0 Å². The first-order valence-corrected chi connectivity index (χ1v) is 16.1. The van der Waals surface area contributed by atoms with E-state index >= 15 is 0 Å². The number of halogens is 1. The number of fused-ring (bicyclic) bond motifs is 1. The van der Waals surface area contributed by atoms with Crippen molar-refractivity contribution in [3.63, 3.8) is 0 Å². The molecule has 1 spiro atoms. The number of amides is 3. The monoisotopic (exact) mass is 668 g/mol. The van der Waals surface area contributed by atoms with Gasteiger partial charge in [-0.2, -0.15) is 0 Å². The van der Waals surface area contributed by atoms with Crippen LogP contribution in [0.4, 0.5) is 0 Å². The summed E-state index contributed by atoms with van der Waals surface area (Å²) in [6, 6.07) is -0.953. The molecule has 0 aromatic rings. The third-order valence-electron chi connectivity index (χ3n) is 8.78. The normalized spacial score (nSPS) is 30.5. The zero-order valence-electron chi connectivity index (χ0n) is 25.0. The summed E-state index contributed by atoms with van der Waals surface area (Å²) in [5.41, 5.74) is -1.22. The SMILES string of the molecule is C=CCCC(=O)NC[C@@H](C)OC(=O)[C@@H]1[C@H]2O[C@@]3(CC2Br)[C@H](C(=O)N(CC=C)CCN2CCOCC2)N(CCCO)C(=O)[C@@H]13. The van der Waals surface area contributed by atoms with Gasteiger partial charge in [-0.1, -0.05) is 28.1 Å². The van der Waals surface area contributed by atoms with Crippen molar-refractivity contribution in [3.8, 4) is 0 Å². The molecule has 4 aliphatic heterocycles. The molecule has 4 rings (SSSR count). The van der Waals surface area contributed by atoms with Gasteiger partial charge in [-0.3, -0.25) is 24.1 Å². The van der Waals surface area contributed by atoms with Gasteiger partial charge in [0.15, 0.2) is 0 Å². The van der Waals surface area contributed by atoms with Crippen LogP contribution in [0.25, 0.3) is 0 Å². The molecule has 4 heterocycles. The summed E-state index contributed by atoms with van der Waals surface area (Å²) in [5, 5.41) is 12.4. The van der Waals surface area contributed by atoms with Crippen LogP contribution in [0, 0.1) is 11.8 Å². The molecule has 240 valence electrons. The molecular formula is C30H45BrN4O8. The number of esters is 1. The van der Waals surface area contributed by atoms with Crippen molar-refractivity contribution in [3.05, 3.63) is 25.3 Å². The minimum Gasteiger partial charge on any atom is -0.460 e. The first-order valence-electron chi connectivity index (χ1n) is 15.2. The molecule has 0 radical (unpaired) electrons. The van der Waals surface area contributed by atoms with Crippen LogP contribution in [-0.4, -0.2) is 138 Å². The Morgan fingerprint density at radius 3 is 2.67 bits per heavy atom. The maximum Gasteiger partial charge on any atom is 0.312 e. The van der Waals surface area contributed by atoms with E-state index in [9.17, 15) is 24.3 Å². The van der Waals surface area contributed by atoms with Gasteiger partial charge in [0, 0.05) is 57.1 Å². The average molecular weight is 670 g/mol. The van der Waals surface area contributed by atoms with Crippen molar-refractivity contribution in [1.82, 2.24) is 20.0 Å². The van der Waals surface area contributed by atoms with Crippen LogP contribution in [0.2, 0.25) is 0 Å². The molecule has 0 aliphatic carbocycles. The molecule has 2 bridgehead atoms. The molecule has 1 unspecified atom stereocenters. The van der Waals surface area contributed by atoms with Gasteiger partial charge in [-0.05, 0) is 26.2 Å². The fourth-order valence-electron chi connectivity index (χ4n) is 6.76. The molecule has 0 aromatic heterocycles. The molecule has 2 N–H and O–H groups in total. The van der Waals surface area contributed by atoms with Gasteiger partial charge in [-0.25, -0.2) is 0 Å². The number of morpholine rings is 1.